The number of nitrogens with zero attached hydrogens (tertiary/aromatic N) is 5. The normalized spacial score (nSPS) is 11.8. The molecule has 0 unspecified atom stereocenters. The van der Waals surface area contributed by atoms with Crippen LogP contribution in [0.2, 0.25) is 16.6 Å². The molecule has 0 saturated carbocycles. The molecule has 2 heterocycles. The molecule has 9 heteroatoms. The lowest BCUT2D eigenvalue weighted by molar-refractivity contribution is 0.416. The second-order valence-electron chi connectivity index (χ2n) is 13.3. The summed E-state index contributed by atoms with van der Waals surface area (Å²) < 4.78 is 7.31. The number of fused-ring (bicyclic) bond motifs is 1. The van der Waals surface area contributed by atoms with Crippen LogP contribution in [0.1, 0.15) is 47.1 Å². The lowest BCUT2D eigenvalue weighted by Crippen LogP contribution is -2.43. The van der Waals surface area contributed by atoms with Crippen molar-refractivity contribution in [1.82, 2.24) is 19.4 Å². The number of benzene rings is 2. The summed E-state index contributed by atoms with van der Waals surface area (Å²) in [5, 5.41) is 4.06. The van der Waals surface area contributed by atoms with Crippen molar-refractivity contribution in [3.63, 3.8) is 0 Å². The topological polar surface area (TPSA) is 75.5 Å². The van der Waals surface area contributed by atoms with E-state index in [1.54, 1.807) is 24.9 Å². The zero-order valence-electron chi connectivity index (χ0n) is 29.4. The zero-order chi connectivity index (χ0) is 33.8. The Balaban J connectivity index is 1.88. The predicted octanol–water partition coefficient (Wildman–Crippen LogP) is 7.32. The minimum Gasteiger partial charge on any atom is -0.496 e. The molecule has 4 aromatic rings. The number of pyridine rings is 1. The summed E-state index contributed by atoms with van der Waals surface area (Å²) in [6, 6.07) is 15.8. The molecule has 0 bridgehead atoms. The Morgan fingerprint density at radius 3 is 2.15 bits per heavy atom. The van der Waals surface area contributed by atoms with Gasteiger partial charge < -0.3 is 19.9 Å². The summed E-state index contributed by atoms with van der Waals surface area (Å²) in [5.74, 6) is 4.63. The number of hydrogen-bond acceptors (Lipinski definition) is 7. The predicted molar refractivity (Wildman–Crippen MR) is 196 cm³/mol. The van der Waals surface area contributed by atoms with Gasteiger partial charge in [-0.1, -0.05) is 65.7 Å². The van der Waals surface area contributed by atoms with E-state index >= 15 is 0 Å². The number of rotatable bonds is 11. The molecule has 2 aromatic carbocycles. The molecule has 0 amide bonds. The zero-order valence-corrected chi connectivity index (χ0v) is 30.4. The average Bonchev–Trinajstić information content (AvgIpc) is 3.02. The first kappa shape index (κ1) is 34.7. The summed E-state index contributed by atoms with van der Waals surface area (Å²) in [6.45, 7) is 15.7. The number of anilines is 3. The van der Waals surface area contributed by atoms with Gasteiger partial charge in [0.25, 0.3) is 5.56 Å². The number of hydrogen-bond donors (Lipinski definition) is 1. The van der Waals surface area contributed by atoms with Crippen LogP contribution in [0.15, 0.2) is 59.5 Å². The van der Waals surface area contributed by atoms with Gasteiger partial charge in [0, 0.05) is 55.9 Å². The Hall–Kier alpha value is -4.13. The molecule has 0 fully saturated rings. The average molecular weight is 639 g/mol. The third-order valence-corrected chi connectivity index (χ3v) is 15.5. The first-order chi connectivity index (χ1) is 21.8. The first-order valence-corrected chi connectivity index (χ1v) is 18.3. The fourth-order valence-electron chi connectivity index (χ4n) is 6.61. The van der Waals surface area contributed by atoms with Crippen LogP contribution >= 0.6 is 0 Å². The Labute approximate surface area is 275 Å². The van der Waals surface area contributed by atoms with Crippen molar-refractivity contribution in [3.8, 4) is 28.3 Å². The van der Waals surface area contributed by atoms with Crippen molar-refractivity contribution in [2.45, 2.75) is 58.2 Å². The SMILES string of the molecule is COc1ccccc1-c1c(C#C[Si](C(C)C)(C(C)C)C(C)C)c2cnc(Nc3ccc(N(C)CCN(C)C)cc3)nc2n(C)c1=O. The Kier molecular flexibility index (Phi) is 11.0. The van der Waals surface area contributed by atoms with Crippen molar-refractivity contribution in [2.24, 2.45) is 7.05 Å². The molecule has 0 aliphatic rings. The van der Waals surface area contributed by atoms with Gasteiger partial charge >= 0.3 is 0 Å². The molecule has 0 spiro atoms. The fraction of sp³-hybridized carbons (Fsp3) is 0.432. The summed E-state index contributed by atoms with van der Waals surface area (Å²) in [6.07, 6.45) is 1.79. The van der Waals surface area contributed by atoms with E-state index in [-0.39, 0.29) is 5.56 Å². The lowest BCUT2D eigenvalue weighted by atomic mass is 9.98. The van der Waals surface area contributed by atoms with Crippen LogP contribution in [0.5, 0.6) is 5.75 Å². The molecule has 0 aliphatic carbocycles. The monoisotopic (exact) mass is 638 g/mol. The van der Waals surface area contributed by atoms with Gasteiger partial charge in [-0.15, -0.1) is 5.54 Å². The highest BCUT2D eigenvalue weighted by Gasteiger charge is 2.41. The summed E-state index contributed by atoms with van der Waals surface area (Å²) in [4.78, 5) is 28.2. The Morgan fingerprint density at radius 2 is 1.57 bits per heavy atom. The maximum atomic E-state index is 14.2. The van der Waals surface area contributed by atoms with E-state index in [9.17, 15) is 4.79 Å². The Bertz CT molecular complexity index is 1760. The molecule has 2 aromatic heterocycles. The second kappa shape index (κ2) is 14.5. The number of nitrogens with one attached hydrogen (secondary N) is 1. The van der Waals surface area contributed by atoms with Crippen LogP contribution in [0.3, 0.4) is 0 Å². The molecule has 0 saturated heterocycles. The number of aryl methyl sites for hydroxylation is 1. The molecule has 4 rings (SSSR count). The highest BCUT2D eigenvalue weighted by atomic mass is 28.3. The van der Waals surface area contributed by atoms with Crippen LogP contribution in [0, 0.1) is 11.5 Å². The molecule has 0 radical (unpaired) electrons. The maximum absolute atomic E-state index is 14.2. The van der Waals surface area contributed by atoms with E-state index < -0.39 is 8.07 Å². The standard InChI is InChI=1S/C37H50N6O2Si/c1-25(2)46(26(3)4,27(5)6)23-20-30-32-24-38-37(39-28-16-18-29(19-17-28)42(9)22-21-41(7)8)40-35(32)43(10)36(44)34(30)31-14-12-13-15-33(31)45-11/h12-19,24-27H,21-22H2,1-11H3,(H,38,39,40). The van der Waals surface area contributed by atoms with E-state index in [1.807, 2.05) is 36.4 Å². The summed E-state index contributed by atoms with van der Waals surface area (Å²) in [5.41, 5.74) is 9.38. The van der Waals surface area contributed by atoms with E-state index in [0.29, 0.717) is 50.7 Å². The van der Waals surface area contributed by atoms with E-state index in [0.717, 1.165) is 29.9 Å². The van der Waals surface area contributed by atoms with Gasteiger partial charge in [-0.2, -0.15) is 4.98 Å². The number of para-hydroxylation sites is 1. The van der Waals surface area contributed by atoms with Crippen molar-refractivity contribution >= 4 is 36.4 Å². The third kappa shape index (κ3) is 6.98. The number of likely N-dealkylation sites (N-methyl/N-ethyl adjacent to an activating group) is 2. The highest BCUT2D eigenvalue weighted by Crippen LogP contribution is 2.41. The fourth-order valence-corrected chi connectivity index (χ4v) is 11.8. The summed E-state index contributed by atoms with van der Waals surface area (Å²) >= 11 is 0. The van der Waals surface area contributed by atoms with Gasteiger partial charge in [0.15, 0.2) is 0 Å². The van der Waals surface area contributed by atoms with Gasteiger partial charge in [0.2, 0.25) is 5.95 Å². The number of aromatic nitrogens is 3. The van der Waals surface area contributed by atoms with Crippen LogP contribution in [-0.4, -0.2) is 68.9 Å². The van der Waals surface area contributed by atoms with Gasteiger partial charge in [-0.3, -0.25) is 9.36 Å². The molecular formula is C37H50N6O2Si. The second-order valence-corrected chi connectivity index (χ2v) is 18.9. The molecule has 46 heavy (non-hydrogen) atoms. The molecular weight excluding hydrogens is 589 g/mol. The van der Waals surface area contributed by atoms with E-state index in [2.05, 4.69) is 101 Å². The van der Waals surface area contributed by atoms with Crippen molar-refractivity contribution in [2.75, 3.05) is 51.6 Å². The van der Waals surface area contributed by atoms with Crippen LogP contribution in [0.4, 0.5) is 17.3 Å². The van der Waals surface area contributed by atoms with E-state index in [1.165, 1.54) is 0 Å². The van der Waals surface area contributed by atoms with Crippen LogP contribution in [-0.2, 0) is 7.05 Å². The highest BCUT2D eigenvalue weighted by molar-refractivity contribution is 6.90. The largest absolute Gasteiger partial charge is 0.496 e. The van der Waals surface area contributed by atoms with Crippen molar-refractivity contribution in [3.05, 3.63) is 70.6 Å². The molecule has 0 atom stereocenters. The van der Waals surface area contributed by atoms with E-state index in [4.69, 9.17) is 14.7 Å². The van der Waals surface area contributed by atoms with Crippen molar-refractivity contribution in [1.29, 1.82) is 0 Å². The number of ether oxygens (including phenoxy) is 1. The van der Waals surface area contributed by atoms with Gasteiger partial charge in [-0.05, 0) is 61.1 Å². The maximum Gasteiger partial charge on any atom is 0.261 e. The van der Waals surface area contributed by atoms with Crippen molar-refractivity contribution < 1.29 is 4.74 Å². The Morgan fingerprint density at radius 1 is 0.935 bits per heavy atom. The smallest absolute Gasteiger partial charge is 0.261 e. The lowest BCUT2D eigenvalue weighted by Gasteiger charge is -2.38. The minimum absolute atomic E-state index is 0.179. The third-order valence-electron chi connectivity index (χ3n) is 9.22. The van der Waals surface area contributed by atoms with Gasteiger partial charge in [0.05, 0.1) is 18.1 Å². The molecule has 0 aliphatic heterocycles. The number of methoxy groups -OCH3 is 1. The molecule has 8 nitrogen and oxygen atoms in total. The molecule has 244 valence electrons. The van der Waals surface area contributed by atoms with Gasteiger partial charge in [0.1, 0.15) is 19.5 Å². The minimum atomic E-state index is -2.12. The first-order valence-electron chi connectivity index (χ1n) is 16.1. The van der Waals surface area contributed by atoms with Gasteiger partial charge in [-0.25, -0.2) is 4.98 Å². The summed E-state index contributed by atoms with van der Waals surface area (Å²) in [7, 11) is 7.50. The van der Waals surface area contributed by atoms with Crippen LogP contribution in [0.25, 0.3) is 22.2 Å². The molecule has 1 N–H and O–H groups in total. The quantitative estimate of drug-likeness (QED) is 0.136. The van der Waals surface area contributed by atoms with Crippen LogP contribution < -0.4 is 20.5 Å².